The van der Waals surface area contributed by atoms with E-state index in [1.165, 1.54) is 6.07 Å². The molecule has 6 heteroatoms. The molecule has 0 aromatic heterocycles. The Morgan fingerprint density at radius 1 is 1.31 bits per heavy atom. The Hall–Kier alpha value is -0.450. The van der Waals surface area contributed by atoms with E-state index < -0.39 is 15.6 Å². The largest absolute Gasteiger partial charge is 0.505 e. The molecule has 1 aromatic rings. The van der Waals surface area contributed by atoms with Crippen LogP contribution in [-0.4, -0.2) is 19.8 Å². The van der Waals surface area contributed by atoms with Crippen molar-refractivity contribution in [2.75, 3.05) is 6.26 Å². The topological polar surface area (TPSA) is 54.4 Å². The van der Waals surface area contributed by atoms with Crippen molar-refractivity contribution in [2.24, 2.45) is 0 Å². The number of sulfone groups is 1. The van der Waals surface area contributed by atoms with Crippen LogP contribution in [0, 0.1) is 0 Å². The first-order chi connectivity index (χ1) is 5.82. The lowest BCUT2D eigenvalue weighted by Crippen LogP contribution is -1.97. The number of phenolic OH excluding ortho intramolecular Hbond substituents is 1. The molecular weight excluding hydrogens is 235 g/mol. The summed E-state index contributed by atoms with van der Waals surface area (Å²) in [6.07, 6.45) is 0.967. The zero-order valence-electron chi connectivity index (χ0n) is 6.58. The number of hydrogen-bond donors (Lipinski definition) is 1. The predicted molar refractivity (Wildman–Crippen MR) is 51.2 cm³/mol. The van der Waals surface area contributed by atoms with Crippen LogP contribution in [0.3, 0.4) is 0 Å². The molecule has 0 amide bonds. The van der Waals surface area contributed by atoms with Gasteiger partial charge in [-0.25, -0.2) is 8.42 Å². The third kappa shape index (κ3) is 2.27. The Balaban J connectivity index is 3.56. The fraction of sp³-hybridized carbons (Fsp3) is 0.143. The normalized spacial score (nSPS) is 11.6. The molecule has 3 nitrogen and oxygen atoms in total. The van der Waals surface area contributed by atoms with Crippen molar-refractivity contribution in [3.63, 3.8) is 0 Å². The average Bonchev–Trinajstić information content (AvgIpc) is 1.94. The molecule has 0 radical (unpaired) electrons. The van der Waals surface area contributed by atoms with E-state index in [0.29, 0.717) is 0 Å². The van der Waals surface area contributed by atoms with Crippen molar-refractivity contribution >= 4 is 33.0 Å². The summed E-state index contributed by atoms with van der Waals surface area (Å²) in [5.74, 6) is -0.464. The lowest BCUT2D eigenvalue weighted by Gasteiger charge is -2.04. The molecule has 1 aromatic carbocycles. The van der Waals surface area contributed by atoms with Gasteiger partial charge in [-0.05, 0) is 12.1 Å². The molecule has 1 rings (SSSR count). The van der Waals surface area contributed by atoms with Gasteiger partial charge in [0.15, 0.2) is 15.6 Å². The molecular formula is C7H6Cl2O3S. The standard InChI is InChI=1S/C7H6Cl2O3S/c1-13(11,12)6-3-4(8)2-5(9)7(6)10/h2-3,10H,1H3. The smallest absolute Gasteiger partial charge is 0.179 e. The minimum absolute atomic E-state index is 0.0760. The van der Waals surface area contributed by atoms with Gasteiger partial charge < -0.3 is 5.11 Å². The fourth-order valence-corrected chi connectivity index (χ4v) is 2.24. The second kappa shape index (κ2) is 3.36. The number of hydrogen-bond acceptors (Lipinski definition) is 3. The minimum Gasteiger partial charge on any atom is -0.505 e. The van der Waals surface area contributed by atoms with E-state index in [-0.39, 0.29) is 14.9 Å². The molecule has 0 fully saturated rings. The number of halogens is 2. The summed E-state index contributed by atoms with van der Waals surface area (Å²) in [5, 5.41) is 9.38. The van der Waals surface area contributed by atoms with E-state index in [1.807, 2.05) is 0 Å². The van der Waals surface area contributed by atoms with Crippen molar-refractivity contribution < 1.29 is 13.5 Å². The molecule has 0 saturated carbocycles. The van der Waals surface area contributed by atoms with Gasteiger partial charge in [0.1, 0.15) is 4.90 Å². The molecule has 0 spiro atoms. The summed E-state index contributed by atoms with van der Waals surface area (Å²) in [7, 11) is -3.50. The number of benzene rings is 1. The van der Waals surface area contributed by atoms with Gasteiger partial charge >= 0.3 is 0 Å². The van der Waals surface area contributed by atoms with Gasteiger partial charge in [0.2, 0.25) is 0 Å². The van der Waals surface area contributed by atoms with Gasteiger partial charge in [-0.15, -0.1) is 0 Å². The SMILES string of the molecule is CS(=O)(=O)c1cc(Cl)cc(Cl)c1O. The summed E-state index contributed by atoms with van der Waals surface area (Å²) in [6.45, 7) is 0. The highest BCUT2D eigenvalue weighted by molar-refractivity contribution is 7.90. The molecule has 0 bridgehead atoms. The van der Waals surface area contributed by atoms with Crippen LogP contribution in [0.2, 0.25) is 10.0 Å². The molecule has 0 saturated heterocycles. The van der Waals surface area contributed by atoms with Gasteiger partial charge in [0, 0.05) is 11.3 Å². The highest BCUT2D eigenvalue weighted by Crippen LogP contribution is 2.33. The van der Waals surface area contributed by atoms with Crippen molar-refractivity contribution in [1.29, 1.82) is 0 Å². The molecule has 0 aliphatic rings. The Morgan fingerprint density at radius 3 is 2.31 bits per heavy atom. The quantitative estimate of drug-likeness (QED) is 0.819. The van der Waals surface area contributed by atoms with Crippen LogP contribution in [0.25, 0.3) is 0 Å². The first-order valence-corrected chi connectivity index (χ1v) is 5.85. The van der Waals surface area contributed by atoms with Crippen molar-refractivity contribution in [3.05, 3.63) is 22.2 Å². The number of aromatic hydroxyl groups is 1. The molecule has 0 aliphatic carbocycles. The van der Waals surface area contributed by atoms with Crippen molar-refractivity contribution in [3.8, 4) is 5.75 Å². The van der Waals surface area contributed by atoms with E-state index in [0.717, 1.165) is 12.3 Å². The Morgan fingerprint density at radius 2 is 1.85 bits per heavy atom. The van der Waals surface area contributed by atoms with Crippen LogP contribution in [0.15, 0.2) is 17.0 Å². The maximum absolute atomic E-state index is 11.1. The van der Waals surface area contributed by atoms with Gasteiger partial charge in [-0.3, -0.25) is 0 Å². The van der Waals surface area contributed by atoms with E-state index in [9.17, 15) is 13.5 Å². The Kier molecular flexibility index (Phi) is 2.75. The third-order valence-corrected chi connectivity index (χ3v) is 3.01. The zero-order chi connectivity index (χ0) is 10.2. The Bertz CT molecular complexity index is 439. The number of phenols is 1. The summed E-state index contributed by atoms with van der Waals surface area (Å²) < 4.78 is 22.2. The molecule has 72 valence electrons. The van der Waals surface area contributed by atoms with Gasteiger partial charge in [0.05, 0.1) is 5.02 Å². The van der Waals surface area contributed by atoms with Gasteiger partial charge in [-0.1, -0.05) is 23.2 Å². The van der Waals surface area contributed by atoms with E-state index in [4.69, 9.17) is 23.2 Å². The van der Waals surface area contributed by atoms with Crippen LogP contribution < -0.4 is 0 Å². The Labute approximate surface area is 85.8 Å². The van der Waals surface area contributed by atoms with Crippen LogP contribution in [0.1, 0.15) is 0 Å². The summed E-state index contributed by atoms with van der Waals surface area (Å²) in [5.41, 5.74) is 0. The lowest BCUT2D eigenvalue weighted by molar-refractivity contribution is 0.459. The average molecular weight is 241 g/mol. The summed E-state index contributed by atoms with van der Waals surface area (Å²) in [4.78, 5) is -0.259. The summed E-state index contributed by atoms with van der Waals surface area (Å²) >= 11 is 11.1. The van der Waals surface area contributed by atoms with Crippen molar-refractivity contribution in [1.82, 2.24) is 0 Å². The second-order valence-electron chi connectivity index (χ2n) is 2.51. The molecule has 0 heterocycles. The van der Waals surface area contributed by atoms with Crippen LogP contribution in [-0.2, 0) is 9.84 Å². The molecule has 0 atom stereocenters. The summed E-state index contributed by atoms with van der Waals surface area (Å²) in [6, 6.07) is 2.42. The molecule has 13 heavy (non-hydrogen) atoms. The fourth-order valence-electron chi connectivity index (χ4n) is 0.825. The van der Waals surface area contributed by atoms with Crippen molar-refractivity contribution in [2.45, 2.75) is 4.90 Å². The minimum atomic E-state index is -3.50. The lowest BCUT2D eigenvalue weighted by atomic mass is 10.3. The van der Waals surface area contributed by atoms with E-state index >= 15 is 0 Å². The monoisotopic (exact) mass is 240 g/mol. The van der Waals surface area contributed by atoms with Crippen LogP contribution in [0.5, 0.6) is 5.75 Å². The predicted octanol–water partition coefficient (Wildman–Crippen LogP) is 2.10. The number of rotatable bonds is 1. The highest BCUT2D eigenvalue weighted by atomic mass is 35.5. The highest BCUT2D eigenvalue weighted by Gasteiger charge is 2.16. The van der Waals surface area contributed by atoms with E-state index in [2.05, 4.69) is 0 Å². The molecule has 1 N–H and O–H groups in total. The first kappa shape index (κ1) is 10.6. The maximum atomic E-state index is 11.1. The van der Waals surface area contributed by atoms with Crippen LogP contribution in [0.4, 0.5) is 0 Å². The second-order valence-corrected chi connectivity index (χ2v) is 5.33. The van der Waals surface area contributed by atoms with Crippen LogP contribution >= 0.6 is 23.2 Å². The molecule has 0 unspecified atom stereocenters. The third-order valence-electron chi connectivity index (χ3n) is 1.39. The van der Waals surface area contributed by atoms with Gasteiger partial charge in [-0.2, -0.15) is 0 Å². The maximum Gasteiger partial charge on any atom is 0.179 e. The van der Waals surface area contributed by atoms with E-state index in [1.54, 1.807) is 0 Å². The van der Waals surface area contributed by atoms with Gasteiger partial charge in [0.25, 0.3) is 0 Å². The molecule has 0 aliphatic heterocycles. The first-order valence-electron chi connectivity index (χ1n) is 3.20. The zero-order valence-corrected chi connectivity index (χ0v) is 8.91.